The quantitative estimate of drug-likeness (QED) is 0.786. The van der Waals surface area contributed by atoms with Crippen LogP contribution in [0.3, 0.4) is 0 Å². The number of guanidine groups is 1. The zero-order valence-corrected chi connectivity index (χ0v) is 12.8. The highest BCUT2D eigenvalue weighted by Gasteiger charge is 2.43. The number of carbonyl (C=O) groups is 1. The van der Waals surface area contributed by atoms with Gasteiger partial charge in [-0.3, -0.25) is 14.6 Å². The monoisotopic (exact) mass is 282 g/mol. The second-order valence-corrected chi connectivity index (χ2v) is 6.25. The second-order valence-electron chi connectivity index (χ2n) is 6.25. The summed E-state index contributed by atoms with van der Waals surface area (Å²) in [6.45, 7) is 10.9. The Labute approximate surface area is 121 Å². The maximum atomic E-state index is 12.5. The molecule has 0 aliphatic carbocycles. The number of hydrogen-bond donors (Lipinski definition) is 1. The first-order valence-electron chi connectivity index (χ1n) is 7.40. The summed E-state index contributed by atoms with van der Waals surface area (Å²) in [5, 5.41) is 0. The highest BCUT2D eigenvalue weighted by Crippen LogP contribution is 2.28. The molecule has 1 amide bonds. The van der Waals surface area contributed by atoms with E-state index in [1.165, 1.54) is 0 Å². The number of carbonyl (C=O) groups excluding carboxylic acids is 1. The van der Waals surface area contributed by atoms with Crippen LogP contribution in [0.15, 0.2) is 4.99 Å². The number of hydrogen-bond acceptors (Lipinski definition) is 5. The molecule has 2 aliphatic heterocycles. The minimum absolute atomic E-state index is 0.0389. The summed E-state index contributed by atoms with van der Waals surface area (Å²) >= 11 is 0. The van der Waals surface area contributed by atoms with Crippen molar-refractivity contribution in [2.75, 3.05) is 39.4 Å². The number of nitrogens with zero attached hydrogens (tertiary/aromatic N) is 3. The highest BCUT2D eigenvalue weighted by atomic mass is 16.5. The van der Waals surface area contributed by atoms with E-state index in [1.807, 2.05) is 6.92 Å². The molecule has 0 aromatic rings. The van der Waals surface area contributed by atoms with Crippen molar-refractivity contribution in [2.45, 2.75) is 32.7 Å². The fourth-order valence-corrected chi connectivity index (χ4v) is 2.97. The van der Waals surface area contributed by atoms with Crippen LogP contribution in [0, 0.1) is 5.92 Å². The molecule has 0 spiro atoms. The van der Waals surface area contributed by atoms with Gasteiger partial charge in [-0.15, -0.1) is 0 Å². The molecule has 2 heterocycles. The molecule has 1 fully saturated rings. The first-order valence-corrected chi connectivity index (χ1v) is 7.40. The molecule has 1 saturated heterocycles. The molecule has 0 radical (unpaired) electrons. The molecule has 0 bridgehead atoms. The molecule has 0 saturated carbocycles. The van der Waals surface area contributed by atoms with Crippen LogP contribution < -0.4 is 5.73 Å². The fraction of sp³-hybridized carbons (Fsp3) is 0.857. The third-order valence-corrected chi connectivity index (χ3v) is 3.89. The standard InChI is InChI=1S/C14H26N4O2/c1-11(2)10-14(3)12(19)18(13(15)16-14)5-4-17-6-8-20-9-7-17/h11H,4-10H2,1-3H3,(H2,15,16). The Morgan fingerprint density at radius 1 is 1.35 bits per heavy atom. The topological polar surface area (TPSA) is 71.2 Å². The Morgan fingerprint density at radius 3 is 2.60 bits per heavy atom. The first-order chi connectivity index (χ1) is 9.42. The molecule has 2 rings (SSSR count). The van der Waals surface area contributed by atoms with Crippen molar-refractivity contribution in [2.24, 2.45) is 16.6 Å². The molecule has 114 valence electrons. The van der Waals surface area contributed by atoms with Gasteiger partial charge in [0.05, 0.1) is 13.2 Å². The van der Waals surface area contributed by atoms with Crippen molar-refractivity contribution in [1.29, 1.82) is 0 Å². The van der Waals surface area contributed by atoms with Crippen molar-refractivity contribution in [1.82, 2.24) is 9.80 Å². The molecule has 2 N–H and O–H groups in total. The van der Waals surface area contributed by atoms with Gasteiger partial charge in [0.25, 0.3) is 5.91 Å². The summed E-state index contributed by atoms with van der Waals surface area (Å²) in [4.78, 5) is 20.9. The maximum Gasteiger partial charge on any atom is 0.257 e. The molecule has 0 aromatic heterocycles. The summed E-state index contributed by atoms with van der Waals surface area (Å²) in [7, 11) is 0. The summed E-state index contributed by atoms with van der Waals surface area (Å²) in [5.41, 5.74) is 5.27. The zero-order chi connectivity index (χ0) is 14.8. The van der Waals surface area contributed by atoms with Gasteiger partial charge in [-0.25, -0.2) is 4.99 Å². The number of morpholine rings is 1. The number of rotatable bonds is 5. The van der Waals surface area contributed by atoms with E-state index in [0.717, 1.165) is 39.3 Å². The van der Waals surface area contributed by atoms with Gasteiger partial charge in [0, 0.05) is 26.2 Å². The van der Waals surface area contributed by atoms with Crippen LogP contribution in [-0.4, -0.2) is 66.6 Å². The van der Waals surface area contributed by atoms with Gasteiger partial charge in [0.2, 0.25) is 0 Å². The zero-order valence-electron chi connectivity index (χ0n) is 12.8. The third-order valence-electron chi connectivity index (χ3n) is 3.89. The van der Waals surface area contributed by atoms with Gasteiger partial charge < -0.3 is 10.5 Å². The lowest BCUT2D eigenvalue weighted by molar-refractivity contribution is -0.131. The number of aliphatic imine (C=N–C) groups is 1. The van der Waals surface area contributed by atoms with Crippen molar-refractivity contribution >= 4 is 11.9 Å². The Morgan fingerprint density at radius 2 is 2.00 bits per heavy atom. The Bertz CT molecular complexity index is 391. The second kappa shape index (κ2) is 6.10. The Balaban J connectivity index is 1.92. The fourth-order valence-electron chi connectivity index (χ4n) is 2.97. The van der Waals surface area contributed by atoms with Crippen LogP contribution in [0.25, 0.3) is 0 Å². The average Bonchev–Trinajstić information content (AvgIpc) is 2.58. The van der Waals surface area contributed by atoms with E-state index in [0.29, 0.717) is 18.4 Å². The van der Waals surface area contributed by atoms with Crippen LogP contribution >= 0.6 is 0 Å². The van der Waals surface area contributed by atoms with Crippen molar-refractivity contribution in [3.05, 3.63) is 0 Å². The summed E-state index contributed by atoms with van der Waals surface area (Å²) in [6, 6.07) is 0. The van der Waals surface area contributed by atoms with Crippen LogP contribution in [0.4, 0.5) is 0 Å². The van der Waals surface area contributed by atoms with Crippen LogP contribution in [0.5, 0.6) is 0 Å². The van der Waals surface area contributed by atoms with Gasteiger partial charge in [-0.05, 0) is 19.3 Å². The minimum Gasteiger partial charge on any atom is -0.379 e. The number of ether oxygens (including phenoxy) is 1. The van der Waals surface area contributed by atoms with Crippen LogP contribution in [0.2, 0.25) is 0 Å². The third kappa shape index (κ3) is 3.30. The summed E-state index contributed by atoms with van der Waals surface area (Å²) < 4.78 is 5.32. The maximum absolute atomic E-state index is 12.5. The van der Waals surface area contributed by atoms with Gasteiger partial charge in [-0.2, -0.15) is 0 Å². The average molecular weight is 282 g/mol. The predicted octanol–water partition coefficient (Wildman–Crippen LogP) is 0.280. The van der Waals surface area contributed by atoms with E-state index in [-0.39, 0.29) is 5.91 Å². The SMILES string of the molecule is CC(C)CC1(C)N=C(N)N(CCN2CCOCC2)C1=O. The van der Waals surface area contributed by atoms with Gasteiger partial charge in [-0.1, -0.05) is 13.8 Å². The van der Waals surface area contributed by atoms with E-state index in [9.17, 15) is 4.79 Å². The molecule has 0 aromatic carbocycles. The molecule has 1 atom stereocenters. The number of nitrogens with two attached hydrogens (primary N) is 1. The summed E-state index contributed by atoms with van der Waals surface area (Å²) in [5.74, 6) is 0.822. The summed E-state index contributed by atoms with van der Waals surface area (Å²) in [6.07, 6.45) is 0.737. The molecule has 1 unspecified atom stereocenters. The largest absolute Gasteiger partial charge is 0.379 e. The van der Waals surface area contributed by atoms with Crippen LogP contribution in [0.1, 0.15) is 27.2 Å². The van der Waals surface area contributed by atoms with E-state index < -0.39 is 5.54 Å². The first kappa shape index (κ1) is 15.3. The Hall–Kier alpha value is -1.14. The van der Waals surface area contributed by atoms with Crippen LogP contribution in [-0.2, 0) is 9.53 Å². The van der Waals surface area contributed by atoms with E-state index in [2.05, 4.69) is 23.7 Å². The van der Waals surface area contributed by atoms with Gasteiger partial charge in [0.15, 0.2) is 5.96 Å². The van der Waals surface area contributed by atoms with E-state index >= 15 is 0 Å². The van der Waals surface area contributed by atoms with Gasteiger partial charge >= 0.3 is 0 Å². The predicted molar refractivity (Wildman–Crippen MR) is 78.5 cm³/mol. The Kier molecular flexibility index (Phi) is 4.65. The van der Waals surface area contributed by atoms with Crippen molar-refractivity contribution in [3.63, 3.8) is 0 Å². The smallest absolute Gasteiger partial charge is 0.257 e. The molecular formula is C14H26N4O2. The molecular weight excluding hydrogens is 256 g/mol. The molecule has 6 nitrogen and oxygen atoms in total. The normalized spacial score (nSPS) is 28.3. The van der Waals surface area contributed by atoms with Crippen molar-refractivity contribution < 1.29 is 9.53 Å². The lowest BCUT2D eigenvalue weighted by Gasteiger charge is -2.29. The molecule has 6 heteroatoms. The van der Waals surface area contributed by atoms with Gasteiger partial charge in [0.1, 0.15) is 5.54 Å². The number of amides is 1. The molecule has 20 heavy (non-hydrogen) atoms. The highest BCUT2D eigenvalue weighted by molar-refractivity contribution is 6.06. The molecule has 2 aliphatic rings. The lowest BCUT2D eigenvalue weighted by atomic mass is 9.91. The lowest BCUT2D eigenvalue weighted by Crippen LogP contribution is -2.48. The van der Waals surface area contributed by atoms with E-state index in [4.69, 9.17) is 10.5 Å². The minimum atomic E-state index is -0.677. The van der Waals surface area contributed by atoms with Crippen molar-refractivity contribution in [3.8, 4) is 0 Å². The van der Waals surface area contributed by atoms with E-state index in [1.54, 1.807) is 4.90 Å².